The number of nitrogens with one attached hydrogen (secondary N) is 1. The molecular formula is C12H16Br2N2O3. The molecule has 1 aromatic carbocycles. The number of nitrogens with two attached hydrogens (primary N) is 1. The molecule has 0 bridgehead atoms. The van der Waals surface area contributed by atoms with Crippen LogP contribution in [0.25, 0.3) is 0 Å². The molecule has 0 radical (unpaired) electrons. The van der Waals surface area contributed by atoms with Gasteiger partial charge in [-0.2, -0.15) is 0 Å². The molecule has 1 unspecified atom stereocenters. The number of nitrogen functional groups attached to an aromatic ring is 1. The second kappa shape index (κ2) is 7.84. The van der Waals surface area contributed by atoms with Gasteiger partial charge in [0.15, 0.2) is 6.10 Å². The SMILES string of the molecule is COCCCNC(=O)C(O)c1cc(Br)c(N)c(Br)c1. The highest BCUT2D eigenvalue weighted by Gasteiger charge is 2.18. The van der Waals surface area contributed by atoms with Crippen LogP contribution in [0.3, 0.4) is 0 Å². The van der Waals surface area contributed by atoms with Gasteiger partial charge in [0.25, 0.3) is 5.91 Å². The Hall–Kier alpha value is -0.630. The zero-order valence-electron chi connectivity index (χ0n) is 10.5. The fourth-order valence-corrected chi connectivity index (χ4v) is 2.66. The molecule has 1 amide bonds. The summed E-state index contributed by atoms with van der Waals surface area (Å²) < 4.78 is 6.13. The first-order chi connectivity index (χ1) is 8.97. The summed E-state index contributed by atoms with van der Waals surface area (Å²) in [7, 11) is 1.60. The number of halogens is 2. The van der Waals surface area contributed by atoms with Crippen LogP contribution >= 0.6 is 31.9 Å². The van der Waals surface area contributed by atoms with Crippen molar-refractivity contribution < 1.29 is 14.6 Å². The number of aliphatic hydroxyl groups is 1. The van der Waals surface area contributed by atoms with E-state index >= 15 is 0 Å². The maximum atomic E-state index is 11.8. The highest BCUT2D eigenvalue weighted by Crippen LogP contribution is 2.31. The number of hydrogen-bond acceptors (Lipinski definition) is 4. The van der Waals surface area contributed by atoms with Gasteiger partial charge in [0.1, 0.15) is 0 Å². The molecule has 1 aromatic rings. The van der Waals surface area contributed by atoms with E-state index in [2.05, 4.69) is 37.2 Å². The number of ether oxygens (including phenoxy) is 1. The zero-order valence-corrected chi connectivity index (χ0v) is 13.6. The lowest BCUT2D eigenvalue weighted by Gasteiger charge is -2.13. The van der Waals surface area contributed by atoms with Crippen molar-refractivity contribution in [1.29, 1.82) is 0 Å². The van der Waals surface area contributed by atoms with E-state index in [1.54, 1.807) is 19.2 Å². The minimum absolute atomic E-state index is 0.445. The predicted molar refractivity (Wildman–Crippen MR) is 80.7 cm³/mol. The lowest BCUT2D eigenvalue weighted by molar-refractivity contribution is -0.129. The van der Waals surface area contributed by atoms with Gasteiger partial charge in [-0.15, -0.1) is 0 Å². The number of amides is 1. The molecule has 19 heavy (non-hydrogen) atoms. The van der Waals surface area contributed by atoms with E-state index in [0.717, 1.165) is 0 Å². The third kappa shape index (κ3) is 4.76. The summed E-state index contributed by atoms with van der Waals surface area (Å²) in [4.78, 5) is 11.8. The van der Waals surface area contributed by atoms with E-state index in [1.165, 1.54) is 0 Å². The molecular weight excluding hydrogens is 380 g/mol. The first kappa shape index (κ1) is 16.4. The van der Waals surface area contributed by atoms with Crippen molar-refractivity contribution in [2.45, 2.75) is 12.5 Å². The molecule has 1 rings (SSSR count). The molecule has 5 nitrogen and oxygen atoms in total. The lowest BCUT2D eigenvalue weighted by Crippen LogP contribution is -2.30. The van der Waals surface area contributed by atoms with Gasteiger partial charge in [-0.05, 0) is 56.0 Å². The molecule has 0 spiro atoms. The van der Waals surface area contributed by atoms with Crippen LogP contribution in [0.1, 0.15) is 18.1 Å². The van der Waals surface area contributed by atoms with Crippen LogP contribution < -0.4 is 11.1 Å². The minimum Gasteiger partial charge on any atom is -0.397 e. The number of hydrogen-bond donors (Lipinski definition) is 3. The molecule has 106 valence electrons. The van der Waals surface area contributed by atoms with Gasteiger partial charge < -0.3 is 20.9 Å². The Morgan fingerprint density at radius 1 is 1.47 bits per heavy atom. The smallest absolute Gasteiger partial charge is 0.253 e. The van der Waals surface area contributed by atoms with Crippen LogP contribution in [0.15, 0.2) is 21.1 Å². The Morgan fingerprint density at radius 2 is 2.05 bits per heavy atom. The minimum atomic E-state index is -1.23. The second-order valence-electron chi connectivity index (χ2n) is 3.94. The summed E-state index contributed by atoms with van der Waals surface area (Å²) in [6.45, 7) is 1.02. The third-order valence-corrected chi connectivity index (χ3v) is 3.80. The van der Waals surface area contributed by atoms with Gasteiger partial charge in [0.2, 0.25) is 0 Å². The molecule has 7 heteroatoms. The van der Waals surface area contributed by atoms with Crippen LogP contribution in [0.4, 0.5) is 5.69 Å². The Morgan fingerprint density at radius 3 is 2.58 bits per heavy atom. The Balaban J connectivity index is 2.66. The number of carbonyl (C=O) groups is 1. The largest absolute Gasteiger partial charge is 0.397 e. The van der Waals surface area contributed by atoms with Crippen LogP contribution in [0.5, 0.6) is 0 Å². The van der Waals surface area contributed by atoms with Crippen LogP contribution in [-0.2, 0) is 9.53 Å². The van der Waals surface area contributed by atoms with E-state index in [9.17, 15) is 9.90 Å². The summed E-state index contributed by atoms with van der Waals surface area (Å²) in [6, 6.07) is 3.25. The summed E-state index contributed by atoms with van der Waals surface area (Å²) in [5.74, 6) is -0.445. The predicted octanol–water partition coefficient (Wildman–Crippen LogP) is 1.98. The maximum absolute atomic E-state index is 11.8. The summed E-state index contributed by atoms with van der Waals surface area (Å²) in [5.41, 5.74) is 6.74. The summed E-state index contributed by atoms with van der Waals surface area (Å²) in [5, 5.41) is 12.6. The van der Waals surface area contributed by atoms with Crippen molar-refractivity contribution in [3.8, 4) is 0 Å². The van der Waals surface area contributed by atoms with Gasteiger partial charge in [-0.1, -0.05) is 0 Å². The van der Waals surface area contributed by atoms with E-state index in [0.29, 0.717) is 39.8 Å². The van der Waals surface area contributed by atoms with Crippen molar-refractivity contribution in [2.24, 2.45) is 0 Å². The molecule has 1 atom stereocenters. The van der Waals surface area contributed by atoms with Crippen molar-refractivity contribution >= 4 is 43.5 Å². The van der Waals surface area contributed by atoms with Crippen molar-refractivity contribution in [3.63, 3.8) is 0 Å². The van der Waals surface area contributed by atoms with Crippen LogP contribution in [0.2, 0.25) is 0 Å². The fraction of sp³-hybridized carbons (Fsp3) is 0.417. The van der Waals surface area contributed by atoms with Gasteiger partial charge in [-0.25, -0.2) is 0 Å². The number of benzene rings is 1. The van der Waals surface area contributed by atoms with E-state index < -0.39 is 12.0 Å². The fourth-order valence-electron chi connectivity index (χ4n) is 1.44. The number of methoxy groups -OCH3 is 1. The first-order valence-electron chi connectivity index (χ1n) is 5.66. The number of carbonyl (C=O) groups excluding carboxylic acids is 1. The number of anilines is 1. The monoisotopic (exact) mass is 394 g/mol. The summed E-state index contributed by atoms with van der Waals surface area (Å²) in [6.07, 6.45) is -0.528. The molecule has 0 aliphatic carbocycles. The van der Waals surface area contributed by atoms with Crippen molar-refractivity contribution in [2.75, 3.05) is 26.0 Å². The number of rotatable bonds is 6. The maximum Gasteiger partial charge on any atom is 0.253 e. The average Bonchev–Trinajstić information content (AvgIpc) is 2.39. The molecule has 0 aliphatic rings. The highest BCUT2D eigenvalue weighted by molar-refractivity contribution is 9.11. The highest BCUT2D eigenvalue weighted by atomic mass is 79.9. The standard InChI is InChI=1S/C12H16Br2N2O3/c1-19-4-2-3-16-12(18)11(17)7-5-8(13)10(15)9(14)6-7/h5-6,11,17H,2-4,15H2,1H3,(H,16,18). The van der Waals surface area contributed by atoms with Crippen molar-refractivity contribution in [1.82, 2.24) is 5.32 Å². The summed E-state index contributed by atoms with van der Waals surface area (Å²) >= 11 is 6.55. The average molecular weight is 396 g/mol. The zero-order chi connectivity index (χ0) is 14.4. The van der Waals surface area contributed by atoms with E-state index in [4.69, 9.17) is 10.5 Å². The Labute approximate surface area is 128 Å². The molecule has 0 aliphatic heterocycles. The van der Waals surface area contributed by atoms with E-state index in [1.807, 2.05) is 0 Å². The van der Waals surface area contributed by atoms with Crippen LogP contribution in [0, 0.1) is 0 Å². The topological polar surface area (TPSA) is 84.6 Å². The van der Waals surface area contributed by atoms with E-state index in [-0.39, 0.29) is 0 Å². The molecule has 0 heterocycles. The molecule has 0 saturated carbocycles. The van der Waals surface area contributed by atoms with Gasteiger partial charge >= 0.3 is 0 Å². The quantitative estimate of drug-likeness (QED) is 0.507. The molecule has 0 aromatic heterocycles. The van der Waals surface area contributed by atoms with Gasteiger partial charge in [-0.3, -0.25) is 4.79 Å². The van der Waals surface area contributed by atoms with Gasteiger partial charge in [0.05, 0.1) is 5.69 Å². The number of aliphatic hydroxyl groups excluding tert-OH is 1. The molecule has 0 saturated heterocycles. The normalized spacial score (nSPS) is 12.2. The van der Waals surface area contributed by atoms with Crippen molar-refractivity contribution in [3.05, 3.63) is 26.6 Å². The van der Waals surface area contributed by atoms with Gasteiger partial charge in [0, 0.05) is 29.2 Å². The first-order valence-corrected chi connectivity index (χ1v) is 7.25. The second-order valence-corrected chi connectivity index (χ2v) is 5.65. The Bertz CT molecular complexity index is 432. The third-order valence-electron chi connectivity index (χ3n) is 2.49. The Kier molecular flexibility index (Phi) is 6.78. The molecule has 4 N–H and O–H groups in total. The van der Waals surface area contributed by atoms with Crippen LogP contribution in [-0.4, -0.2) is 31.3 Å². The lowest BCUT2D eigenvalue weighted by atomic mass is 10.1. The molecule has 0 fully saturated rings.